The normalized spacial score (nSPS) is 12.2. The van der Waals surface area contributed by atoms with Gasteiger partial charge in [-0.25, -0.2) is 14.4 Å². The minimum Gasteiger partial charge on any atom is -0.310 e. The third-order valence-corrected chi connectivity index (χ3v) is 28.9. The van der Waals surface area contributed by atoms with Crippen LogP contribution in [-0.2, 0) is 5.41 Å². The van der Waals surface area contributed by atoms with Crippen LogP contribution >= 0.6 is 59.1 Å². The fourth-order valence-electron chi connectivity index (χ4n) is 19.6. The van der Waals surface area contributed by atoms with Gasteiger partial charge in [0.05, 0.1) is 11.6 Å². The molecule has 0 atom stereocenters. The molecule has 11 heteroatoms. The molecule has 6 nitrogen and oxygen atoms in total. The van der Waals surface area contributed by atoms with Gasteiger partial charge in [0.1, 0.15) is 5.82 Å². The minimum atomic E-state index is -0.245. The highest BCUT2D eigenvalue weighted by atomic mass is 79.9. The van der Waals surface area contributed by atoms with Crippen molar-refractivity contribution >= 4 is 228 Å². The van der Waals surface area contributed by atoms with E-state index in [0.717, 1.165) is 64.5 Å². The first-order chi connectivity index (χ1) is 62.3. The lowest BCUT2D eigenvalue weighted by molar-refractivity contribution is 0.628. The molecule has 0 amide bonds. The number of anilines is 9. The van der Waals surface area contributed by atoms with E-state index in [0.29, 0.717) is 11.5 Å². The van der Waals surface area contributed by atoms with Gasteiger partial charge in [-0.3, -0.25) is 4.90 Å². The standard InChI is InChI=1S/C44H29BrN2.C40H23BrFNS.C32H20BrN3/c1-44(2)39-6-4-3-5-35(39)36-23-19-33(25-40(36)44)47(31-15-7-27(26-46)8-16-31)32-17-9-28(10-18-32)34-20-11-29-13-22-38-41(45)24-14-30-12-21-37(34)42(29)43(30)38;41-36-22-10-26-8-19-34-31(18-7-25-9-20-35(36)40(26)39(25)34)24-5-13-28(14-6-24)43(29-15-11-27(42)12-16-29)30-17-21-33-32-3-1-2-4-37(32)44-38(33)23-30;33-29-18-12-23-10-16-27-26(15-9-22-11-17-28(29)31(23)30(22)27)21-7-13-25(14-8-21)36(24-5-2-1-3-6-24)32-34-19-4-20-35-32/h3-25H,1-2H3;1-23H;1-20H. The van der Waals surface area contributed by atoms with Crippen LogP contribution in [0.2, 0.25) is 0 Å². The lowest BCUT2D eigenvalue weighted by Gasteiger charge is -2.28. The van der Waals surface area contributed by atoms with Crippen LogP contribution in [0.3, 0.4) is 0 Å². The molecule has 1 aliphatic carbocycles. The molecule has 0 unspecified atom stereocenters. The van der Waals surface area contributed by atoms with E-state index in [2.05, 4.69) is 408 Å². The molecular formula is C116H72Br3FN6S. The zero-order chi connectivity index (χ0) is 85.3. The lowest BCUT2D eigenvalue weighted by Crippen LogP contribution is -2.16. The highest BCUT2D eigenvalue weighted by Crippen LogP contribution is 2.53. The summed E-state index contributed by atoms with van der Waals surface area (Å²) in [5, 5.41) is 34.9. The summed E-state index contributed by atoms with van der Waals surface area (Å²) < 4.78 is 19.9. The van der Waals surface area contributed by atoms with Crippen LogP contribution < -0.4 is 14.7 Å². The molecule has 24 aromatic rings. The summed E-state index contributed by atoms with van der Waals surface area (Å²) in [6, 6.07) is 139. The molecule has 2 heterocycles. The summed E-state index contributed by atoms with van der Waals surface area (Å²) in [5.74, 6) is 0.398. The zero-order valence-corrected chi connectivity index (χ0v) is 74.3. The predicted octanol–water partition coefficient (Wildman–Crippen LogP) is 34.9. The number of benzene rings is 22. The Balaban J connectivity index is 0.000000110. The van der Waals surface area contributed by atoms with E-state index in [1.165, 1.54) is 179 Å². The molecule has 25 rings (SSSR count). The average molecular weight is 1840 g/mol. The van der Waals surface area contributed by atoms with Gasteiger partial charge >= 0.3 is 0 Å². The highest BCUT2D eigenvalue weighted by molar-refractivity contribution is 9.11. The second-order valence-electron chi connectivity index (χ2n) is 33.1. The van der Waals surface area contributed by atoms with E-state index in [1.807, 2.05) is 60.7 Å². The molecule has 600 valence electrons. The summed E-state index contributed by atoms with van der Waals surface area (Å²) in [6.45, 7) is 4.63. The monoisotopic (exact) mass is 1840 g/mol. The molecule has 0 spiro atoms. The fourth-order valence-corrected chi connectivity index (χ4v) is 22.2. The number of para-hydroxylation sites is 1. The van der Waals surface area contributed by atoms with Gasteiger partial charge in [-0.05, 0) is 304 Å². The maximum atomic E-state index is 14.0. The van der Waals surface area contributed by atoms with Gasteiger partial charge in [-0.1, -0.05) is 298 Å². The maximum Gasteiger partial charge on any atom is 0.234 e. The Labute approximate surface area is 762 Å². The number of halogens is 4. The van der Waals surface area contributed by atoms with Gasteiger partial charge in [0.2, 0.25) is 5.95 Å². The number of hydrogen-bond acceptors (Lipinski definition) is 7. The van der Waals surface area contributed by atoms with Gasteiger partial charge < -0.3 is 9.80 Å². The van der Waals surface area contributed by atoms with Crippen molar-refractivity contribution in [2.24, 2.45) is 0 Å². The van der Waals surface area contributed by atoms with Gasteiger partial charge in [-0.15, -0.1) is 11.3 Å². The van der Waals surface area contributed by atoms with Crippen molar-refractivity contribution < 1.29 is 4.39 Å². The molecule has 0 aliphatic heterocycles. The lowest BCUT2D eigenvalue weighted by atomic mass is 9.82. The first-order valence-electron chi connectivity index (χ1n) is 42.4. The van der Waals surface area contributed by atoms with Crippen LogP contribution in [0.15, 0.2) is 414 Å². The Kier molecular flexibility index (Phi) is 19.1. The van der Waals surface area contributed by atoms with Crippen LogP contribution in [0.25, 0.3) is 162 Å². The van der Waals surface area contributed by atoms with Gasteiger partial charge in [-0.2, -0.15) is 5.26 Å². The number of hydrogen-bond donors (Lipinski definition) is 0. The summed E-state index contributed by atoms with van der Waals surface area (Å²) in [7, 11) is 0. The second kappa shape index (κ2) is 31.3. The summed E-state index contributed by atoms with van der Waals surface area (Å²) in [6.07, 6.45) is 3.55. The van der Waals surface area contributed by atoms with Gasteiger partial charge in [0.15, 0.2) is 0 Å². The highest BCUT2D eigenvalue weighted by Gasteiger charge is 2.36. The maximum absolute atomic E-state index is 14.0. The van der Waals surface area contributed by atoms with E-state index in [-0.39, 0.29) is 11.2 Å². The van der Waals surface area contributed by atoms with Crippen LogP contribution in [0.4, 0.5) is 55.8 Å². The summed E-state index contributed by atoms with van der Waals surface area (Å²) in [5.41, 5.74) is 21.2. The molecular weight excluding hydrogens is 1770 g/mol. The number of rotatable bonds is 12. The third kappa shape index (κ3) is 13.3. The fraction of sp³-hybridized carbons (Fsp3) is 0.0259. The molecule has 0 radical (unpaired) electrons. The Morgan fingerprint density at radius 2 is 0.622 bits per heavy atom. The number of nitriles is 1. The Morgan fingerprint density at radius 3 is 1.10 bits per heavy atom. The SMILES string of the molecule is Brc1ccc2ccc3c(-c4ccc(N(c5ccccc5)c5ncccn5)cc4)ccc4ccc1c2c43.CC1(C)c2ccccc2-c2ccc(N(c3ccc(C#N)cc3)c3ccc(-c4ccc5ccc6c(Br)ccc7ccc4c5c76)cc3)cc21.Fc1ccc(N(c2ccc(-c3ccc4ccc5c(Br)ccc6ccc3c4c65)cc2)c2ccc3c(c2)sc2ccccc23)cc1. The van der Waals surface area contributed by atoms with Crippen molar-refractivity contribution in [2.45, 2.75) is 19.3 Å². The molecule has 0 bridgehead atoms. The van der Waals surface area contributed by atoms with Crippen molar-refractivity contribution in [1.29, 1.82) is 5.26 Å². The van der Waals surface area contributed by atoms with E-state index in [4.69, 9.17) is 0 Å². The molecule has 2 aromatic heterocycles. The topological polar surface area (TPSA) is 59.3 Å². The average Bonchev–Trinajstić information content (AvgIpc) is 1.47. The van der Waals surface area contributed by atoms with Crippen LogP contribution in [-0.4, -0.2) is 9.97 Å². The summed E-state index contributed by atoms with van der Waals surface area (Å²) >= 11 is 13.1. The first kappa shape index (κ1) is 77.3. The Bertz CT molecular complexity index is 8430. The summed E-state index contributed by atoms with van der Waals surface area (Å²) in [4.78, 5) is 15.6. The largest absolute Gasteiger partial charge is 0.310 e. The number of nitrogens with zero attached hydrogens (tertiary/aromatic N) is 6. The smallest absolute Gasteiger partial charge is 0.234 e. The van der Waals surface area contributed by atoms with Crippen molar-refractivity contribution in [2.75, 3.05) is 14.7 Å². The van der Waals surface area contributed by atoms with Crippen molar-refractivity contribution in [3.05, 3.63) is 437 Å². The minimum absolute atomic E-state index is 0.104. The molecule has 0 N–H and O–H groups in total. The van der Waals surface area contributed by atoms with E-state index in [9.17, 15) is 9.65 Å². The van der Waals surface area contributed by atoms with Gasteiger partial charge in [0, 0.05) is 96.9 Å². The molecule has 0 saturated heterocycles. The van der Waals surface area contributed by atoms with Crippen molar-refractivity contribution in [3.8, 4) is 50.6 Å². The quantitative estimate of drug-likeness (QED) is 0.114. The predicted molar refractivity (Wildman–Crippen MR) is 545 cm³/mol. The Hall–Kier alpha value is -14.5. The number of aromatic nitrogens is 2. The van der Waals surface area contributed by atoms with E-state index in [1.54, 1.807) is 23.7 Å². The molecule has 22 aromatic carbocycles. The Morgan fingerprint density at radius 1 is 0.283 bits per heavy atom. The number of fused-ring (bicyclic) bond motifs is 6. The molecule has 127 heavy (non-hydrogen) atoms. The molecule has 1 aliphatic rings. The van der Waals surface area contributed by atoms with Crippen LogP contribution in [0.5, 0.6) is 0 Å². The van der Waals surface area contributed by atoms with Crippen LogP contribution in [0, 0.1) is 17.1 Å². The van der Waals surface area contributed by atoms with Crippen molar-refractivity contribution in [3.63, 3.8) is 0 Å². The molecule has 0 saturated carbocycles. The van der Waals surface area contributed by atoms with Gasteiger partial charge in [0.25, 0.3) is 0 Å². The van der Waals surface area contributed by atoms with Crippen molar-refractivity contribution in [1.82, 2.24) is 9.97 Å². The second-order valence-corrected chi connectivity index (χ2v) is 36.7. The number of thiophene rings is 1. The van der Waals surface area contributed by atoms with Crippen LogP contribution in [0.1, 0.15) is 30.5 Å². The third-order valence-electron chi connectivity index (χ3n) is 25.7. The zero-order valence-electron chi connectivity index (χ0n) is 68.7. The van der Waals surface area contributed by atoms with E-state index >= 15 is 0 Å². The first-order valence-corrected chi connectivity index (χ1v) is 45.6. The van der Waals surface area contributed by atoms with E-state index < -0.39 is 0 Å². The molecule has 0 fully saturated rings.